The second-order valence-electron chi connectivity index (χ2n) is 3.69. The Morgan fingerprint density at radius 2 is 2.31 bits per heavy atom. The van der Waals surface area contributed by atoms with Crippen LogP contribution in [0.4, 0.5) is 4.39 Å². The fourth-order valence-electron chi connectivity index (χ4n) is 1.57. The van der Waals surface area contributed by atoms with Gasteiger partial charge in [-0.1, -0.05) is 6.07 Å². The van der Waals surface area contributed by atoms with Crippen LogP contribution >= 0.6 is 0 Å². The van der Waals surface area contributed by atoms with Crippen molar-refractivity contribution in [3.05, 3.63) is 40.7 Å². The average molecular weight is 222 g/mol. The molecule has 0 aliphatic heterocycles. The van der Waals surface area contributed by atoms with Crippen LogP contribution in [-0.4, -0.2) is 20.8 Å². The maximum absolute atomic E-state index is 13.4. The zero-order chi connectivity index (χ0) is 11.7. The van der Waals surface area contributed by atoms with E-state index in [1.54, 1.807) is 13.0 Å². The normalized spacial score (nSPS) is 12.9. The van der Waals surface area contributed by atoms with E-state index in [9.17, 15) is 14.3 Å². The molecule has 1 aromatic heterocycles. The second kappa shape index (κ2) is 4.02. The maximum atomic E-state index is 13.4. The Labute approximate surface area is 91.0 Å². The fourth-order valence-corrected chi connectivity index (χ4v) is 1.57. The molecule has 0 saturated carbocycles. The van der Waals surface area contributed by atoms with Gasteiger partial charge in [-0.3, -0.25) is 9.36 Å². The molecule has 5 heteroatoms. The summed E-state index contributed by atoms with van der Waals surface area (Å²) in [6.07, 6.45) is 0.639. The van der Waals surface area contributed by atoms with Crippen molar-refractivity contribution in [1.82, 2.24) is 9.55 Å². The largest absolute Gasteiger partial charge is 0.392 e. The molecule has 1 N–H and O–H groups in total. The summed E-state index contributed by atoms with van der Waals surface area (Å²) < 4.78 is 14.7. The van der Waals surface area contributed by atoms with Gasteiger partial charge in [-0.15, -0.1) is 0 Å². The van der Waals surface area contributed by atoms with Gasteiger partial charge in [0, 0.05) is 0 Å². The number of aliphatic hydroxyl groups is 1. The molecule has 16 heavy (non-hydrogen) atoms. The molecule has 1 atom stereocenters. The number of hydrogen-bond donors (Lipinski definition) is 1. The number of halogens is 1. The summed E-state index contributed by atoms with van der Waals surface area (Å²) in [5.74, 6) is -0.588. The van der Waals surface area contributed by atoms with Crippen LogP contribution in [0.15, 0.2) is 29.3 Å². The standard InChI is InChI=1S/C11H11FN2O2/c1-7(15)5-14-6-13-9-4-2-3-8(12)10(9)11(14)16/h2-4,6-7,15H,5H2,1H3. The predicted molar refractivity (Wildman–Crippen MR) is 57.6 cm³/mol. The Bertz CT molecular complexity index is 578. The van der Waals surface area contributed by atoms with Crippen LogP contribution in [0.3, 0.4) is 0 Å². The molecule has 1 aromatic carbocycles. The third-order valence-corrected chi connectivity index (χ3v) is 2.26. The van der Waals surface area contributed by atoms with E-state index >= 15 is 0 Å². The lowest BCUT2D eigenvalue weighted by molar-refractivity contribution is 0.172. The molecular weight excluding hydrogens is 211 g/mol. The lowest BCUT2D eigenvalue weighted by atomic mass is 10.2. The van der Waals surface area contributed by atoms with Gasteiger partial charge in [-0.05, 0) is 19.1 Å². The summed E-state index contributed by atoms with van der Waals surface area (Å²) in [4.78, 5) is 15.8. The van der Waals surface area contributed by atoms with Crippen LogP contribution in [0, 0.1) is 5.82 Å². The Balaban J connectivity index is 2.69. The molecule has 1 heterocycles. The zero-order valence-electron chi connectivity index (χ0n) is 8.72. The number of aromatic nitrogens is 2. The molecule has 0 amide bonds. The highest BCUT2D eigenvalue weighted by Crippen LogP contribution is 2.10. The molecule has 0 bridgehead atoms. The first-order valence-electron chi connectivity index (χ1n) is 4.91. The summed E-state index contributed by atoms with van der Waals surface area (Å²) in [6.45, 7) is 1.66. The molecule has 0 aliphatic carbocycles. The molecule has 1 unspecified atom stereocenters. The molecule has 0 fully saturated rings. The lowest BCUT2D eigenvalue weighted by Gasteiger charge is -2.08. The fraction of sp³-hybridized carbons (Fsp3) is 0.273. The summed E-state index contributed by atoms with van der Waals surface area (Å²) in [5, 5.41) is 9.15. The quantitative estimate of drug-likeness (QED) is 0.821. The van der Waals surface area contributed by atoms with Gasteiger partial charge >= 0.3 is 0 Å². The van der Waals surface area contributed by atoms with Crippen LogP contribution < -0.4 is 5.56 Å². The number of nitrogens with zero attached hydrogens (tertiary/aromatic N) is 2. The van der Waals surface area contributed by atoms with Crippen molar-refractivity contribution in [2.24, 2.45) is 0 Å². The molecule has 4 nitrogen and oxygen atoms in total. The van der Waals surface area contributed by atoms with Crippen LogP contribution in [0.1, 0.15) is 6.92 Å². The molecule has 0 aliphatic rings. The molecule has 0 radical (unpaired) electrons. The zero-order valence-corrected chi connectivity index (χ0v) is 8.72. The minimum Gasteiger partial charge on any atom is -0.392 e. The van der Waals surface area contributed by atoms with E-state index in [0.717, 1.165) is 0 Å². The molecule has 2 rings (SSSR count). The van der Waals surface area contributed by atoms with Crippen LogP contribution in [0.5, 0.6) is 0 Å². The second-order valence-corrected chi connectivity index (χ2v) is 3.69. The van der Waals surface area contributed by atoms with Gasteiger partial charge in [0.05, 0.1) is 24.5 Å². The lowest BCUT2D eigenvalue weighted by Crippen LogP contribution is -2.26. The maximum Gasteiger partial charge on any atom is 0.264 e. The highest BCUT2D eigenvalue weighted by Gasteiger charge is 2.09. The van der Waals surface area contributed by atoms with Crippen LogP contribution in [0.25, 0.3) is 10.9 Å². The van der Waals surface area contributed by atoms with Gasteiger partial charge in [0.1, 0.15) is 11.2 Å². The summed E-state index contributed by atoms with van der Waals surface area (Å²) in [7, 11) is 0. The first-order valence-corrected chi connectivity index (χ1v) is 4.91. The van der Waals surface area contributed by atoms with Gasteiger partial charge in [-0.2, -0.15) is 0 Å². The van der Waals surface area contributed by atoms with Crippen molar-refractivity contribution in [2.45, 2.75) is 19.6 Å². The average Bonchev–Trinajstić information content (AvgIpc) is 2.22. The Kier molecular flexibility index (Phi) is 2.70. The van der Waals surface area contributed by atoms with E-state index in [2.05, 4.69) is 4.98 Å². The summed E-state index contributed by atoms with van der Waals surface area (Å²) >= 11 is 0. The Hall–Kier alpha value is -1.75. The molecular formula is C11H11FN2O2. The smallest absolute Gasteiger partial charge is 0.264 e. The molecule has 0 spiro atoms. The third-order valence-electron chi connectivity index (χ3n) is 2.26. The van der Waals surface area contributed by atoms with Gasteiger partial charge < -0.3 is 5.11 Å². The number of benzene rings is 1. The summed E-state index contributed by atoms with van der Waals surface area (Å²) in [5.41, 5.74) is -0.143. The van der Waals surface area contributed by atoms with E-state index < -0.39 is 17.5 Å². The van der Waals surface area contributed by atoms with Gasteiger partial charge in [0.2, 0.25) is 0 Å². The van der Waals surface area contributed by atoms with Crippen molar-refractivity contribution < 1.29 is 9.50 Å². The Morgan fingerprint density at radius 1 is 1.56 bits per heavy atom. The highest BCUT2D eigenvalue weighted by atomic mass is 19.1. The van der Waals surface area contributed by atoms with E-state index in [1.807, 2.05) is 0 Å². The topological polar surface area (TPSA) is 55.1 Å². The van der Waals surface area contributed by atoms with E-state index in [-0.39, 0.29) is 11.9 Å². The number of rotatable bonds is 2. The van der Waals surface area contributed by atoms with Crippen molar-refractivity contribution in [3.63, 3.8) is 0 Å². The van der Waals surface area contributed by atoms with E-state index in [1.165, 1.54) is 23.0 Å². The van der Waals surface area contributed by atoms with Crippen molar-refractivity contribution in [2.75, 3.05) is 0 Å². The number of hydrogen-bond acceptors (Lipinski definition) is 3. The van der Waals surface area contributed by atoms with Crippen molar-refractivity contribution in [3.8, 4) is 0 Å². The number of aliphatic hydroxyl groups excluding tert-OH is 1. The first kappa shape index (κ1) is 10.8. The SMILES string of the molecule is CC(O)Cn1cnc2cccc(F)c2c1=O. The van der Waals surface area contributed by atoms with Gasteiger partial charge in [-0.25, -0.2) is 9.37 Å². The minimum atomic E-state index is -0.677. The minimum absolute atomic E-state index is 0.0364. The highest BCUT2D eigenvalue weighted by molar-refractivity contribution is 5.77. The van der Waals surface area contributed by atoms with Gasteiger partial charge in [0.25, 0.3) is 5.56 Å². The van der Waals surface area contributed by atoms with Crippen molar-refractivity contribution in [1.29, 1.82) is 0 Å². The molecule has 0 saturated heterocycles. The van der Waals surface area contributed by atoms with Gasteiger partial charge in [0.15, 0.2) is 0 Å². The van der Waals surface area contributed by atoms with E-state index in [0.29, 0.717) is 5.52 Å². The van der Waals surface area contributed by atoms with Crippen LogP contribution in [-0.2, 0) is 6.54 Å². The third kappa shape index (κ3) is 1.81. The van der Waals surface area contributed by atoms with Crippen LogP contribution in [0.2, 0.25) is 0 Å². The molecule has 84 valence electrons. The number of fused-ring (bicyclic) bond motifs is 1. The molecule has 2 aromatic rings. The predicted octanol–water partition coefficient (Wildman–Crippen LogP) is 0.916. The monoisotopic (exact) mass is 222 g/mol. The Morgan fingerprint density at radius 3 is 3.00 bits per heavy atom. The van der Waals surface area contributed by atoms with Crippen molar-refractivity contribution >= 4 is 10.9 Å². The summed E-state index contributed by atoms with van der Waals surface area (Å²) in [6, 6.07) is 4.30. The first-order chi connectivity index (χ1) is 7.59. The van der Waals surface area contributed by atoms with E-state index in [4.69, 9.17) is 0 Å².